The largest absolute Gasteiger partial charge is 0.455 e. The van der Waals surface area contributed by atoms with Crippen molar-refractivity contribution in [3.8, 4) is 0 Å². The number of carbonyl (C=O) groups excluding carboxylic acids is 3. The Morgan fingerprint density at radius 1 is 1.00 bits per heavy atom. The lowest BCUT2D eigenvalue weighted by Gasteiger charge is -2.36. The Balaban J connectivity index is 2.04. The van der Waals surface area contributed by atoms with Crippen LogP contribution in [0.1, 0.15) is 79.2 Å². The van der Waals surface area contributed by atoms with E-state index < -0.39 is 16.9 Å². The summed E-state index contributed by atoms with van der Waals surface area (Å²) in [6.07, 6.45) is 3.10. The minimum absolute atomic E-state index is 0.101. The van der Waals surface area contributed by atoms with Gasteiger partial charge in [0.25, 0.3) is 5.91 Å². The molecular formula is C25H38N2O4. The maximum atomic E-state index is 13.0. The summed E-state index contributed by atoms with van der Waals surface area (Å²) in [7, 11) is 0. The molecule has 0 saturated heterocycles. The highest BCUT2D eigenvalue weighted by Crippen LogP contribution is 2.42. The summed E-state index contributed by atoms with van der Waals surface area (Å²) >= 11 is 0. The Labute approximate surface area is 186 Å². The molecule has 0 radical (unpaired) electrons. The molecule has 0 spiro atoms. The predicted octanol–water partition coefficient (Wildman–Crippen LogP) is 4.22. The summed E-state index contributed by atoms with van der Waals surface area (Å²) in [5.41, 5.74) is -0.594. The van der Waals surface area contributed by atoms with Gasteiger partial charge in [-0.25, -0.2) is 0 Å². The molecule has 1 N–H and O–H groups in total. The van der Waals surface area contributed by atoms with E-state index in [9.17, 15) is 14.4 Å². The Kier molecular flexibility index (Phi) is 7.90. The second-order valence-electron chi connectivity index (χ2n) is 10.7. The van der Waals surface area contributed by atoms with Gasteiger partial charge in [-0.05, 0) is 59.9 Å². The summed E-state index contributed by atoms with van der Waals surface area (Å²) in [6.45, 7) is 11.8. The molecule has 2 amide bonds. The summed E-state index contributed by atoms with van der Waals surface area (Å²) in [4.78, 5) is 40.3. The van der Waals surface area contributed by atoms with Crippen LogP contribution in [0, 0.1) is 5.41 Å². The van der Waals surface area contributed by atoms with E-state index in [1.165, 1.54) is 0 Å². The molecule has 6 nitrogen and oxygen atoms in total. The average Bonchev–Trinajstić information content (AvgIpc) is 3.11. The van der Waals surface area contributed by atoms with E-state index in [2.05, 4.69) is 5.32 Å². The normalized spacial score (nSPS) is 15.9. The first kappa shape index (κ1) is 24.9. The summed E-state index contributed by atoms with van der Waals surface area (Å²) < 4.78 is 5.53. The SMILES string of the molecule is CC(C)(C)NC(=O)CC1(C(=O)OCC(=O)N(Cc2ccccc2)C(C)(C)C)CCCC1. The van der Waals surface area contributed by atoms with Crippen molar-refractivity contribution >= 4 is 17.8 Å². The zero-order chi connectivity index (χ0) is 23.3. The Bertz CT molecular complexity index is 769. The van der Waals surface area contributed by atoms with Gasteiger partial charge in [0.2, 0.25) is 5.91 Å². The van der Waals surface area contributed by atoms with E-state index in [0.29, 0.717) is 19.4 Å². The van der Waals surface area contributed by atoms with Crippen LogP contribution in [-0.4, -0.2) is 40.4 Å². The molecule has 0 aliphatic heterocycles. The molecule has 1 aliphatic carbocycles. The molecule has 1 aromatic rings. The third-order valence-electron chi connectivity index (χ3n) is 5.63. The lowest BCUT2D eigenvalue weighted by Crippen LogP contribution is -2.48. The van der Waals surface area contributed by atoms with Gasteiger partial charge >= 0.3 is 5.97 Å². The van der Waals surface area contributed by atoms with E-state index in [1.54, 1.807) is 4.90 Å². The smallest absolute Gasteiger partial charge is 0.313 e. The van der Waals surface area contributed by atoms with Crippen molar-refractivity contribution in [1.82, 2.24) is 10.2 Å². The van der Waals surface area contributed by atoms with Gasteiger partial charge in [0.1, 0.15) is 0 Å². The molecule has 1 fully saturated rings. The number of hydrogen-bond donors (Lipinski definition) is 1. The van der Waals surface area contributed by atoms with E-state index in [-0.39, 0.29) is 30.4 Å². The number of esters is 1. The molecule has 0 heterocycles. The summed E-state index contributed by atoms with van der Waals surface area (Å²) in [5.74, 6) is -0.828. The number of rotatable bonds is 7. The van der Waals surface area contributed by atoms with Gasteiger partial charge in [-0.2, -0.15) is 0 Å². The van der Waals surface area contributed by atoms with Crippen LogP contribution in [0.15, 0.2) is 30.3 Å². The molecule has 0 unspecified atom stereocenters. The van der Waals surface area contributed by atoms with Gasteiger partial charge in [-0.3, -0.25) is 14.4 Å². The quantitative estimate of drug-likeness (QED) is 0.657. The molecule has 2 rings (SSSR count). The maximum Gasteiger partial charge on any atom is 0.313 e. The van der Waals surface area contributed by atoms with Gasteiger partial charge in [-0.15, -0.1) is 0 Å². The highest BCUT2D eigenvalue weighted by atomic mass is 16.5. The van der Waals surface area contributed by atoms with Crippen LogP contribution in [0.2, 0.25) is 0 Å². The van der Waals surface area contributed by atoms with E-state index >= 15 is 0 Å². The molecule has 1 aliphatic rings. The molecule has 0 aromatic heterocycles. The van der Waals surface area contributed by atoms with Gasteiger partial charge < -0.3 is 15.0 Å². The van der Waals surface area contributed by atoms with Crippen LogP contribution in [0.3, 0.4) is 0 Å². The van der Waals surface area contributed by atoms with Crippen molar-refractivity contribution in [2.24, 2.45) is 5.41 Å². The number of nitrogens with zero attached hydrogens (tertiary/aromatic N) is 1. The number of ether oxygens (including phenoxy) is 1. The molecular weight excluding hydrogens is 392 g/mol. The lowest BCUT2D eigenvalue weighted by molar-refractivity contribution is -0.164. The fourth-order valence-corrected chi connectivity index (χ4v) is 4.10. The second-order valence-corrected chi connectivity index (χ2v) is 10.7. The monoisotopic (exact) mass is 430 g/mol. The van der Waals surface area contributed by atoms with Gasteiger partial charge in [0.05, 0.1) is 5.41 Å². The van der Waals surface area contributed by atoms with Crippen LogP contribution in [0.5, 0.6) is 0 Å². The maximum absolute atomic E-state index is 13.0. The molecule has 0 atom stereocenters. The Morgan fingerprint density at radius 2 is 1.58 bits per heavy atom. The fraction of sp³-hybridized carbons (Fsp3) is 0.640. The highest BCUT2D eigenvalue weighted by molar-refractivity contribution is 5.88. The lowest BCUT2D eigenvalue weighted by atomic mass is 9.82. The van der Waals surface area contributed by atoms with E-state index in [1.807, 2.05) is 71.9 Å². The Morgan fingerprint density at radius 3 is 2.10 bits per heavy atom. The van der Waals surface area contributed by atoms with Crippen LogP contribution >= 0.6 is 0 Å². The van der Waals surface area contributed by atoms with Crippen molar-refractivity contribution in [2.45, 2.75) is 91.3 Å². The Hall–Kier alpha value is -2.37. The van der Waals surface area contributed by atoms with Gasteiger partial charge in [-0.1, -0.05) is 43.2 Å². The number of carbonyl (C=O) groups is 3. The molecule has 6 heteroatoms. The van der Waals surface area contributed by atoms with Gasteiger partial charge in [0.15, 0.2) is 6.61 Å². The number of hydrogen-bond acceptors (Lipinski definition) is 4. The zero-order valence-corrected chi connectivity index (χ0v) is 19.9. The van der Waals surface area contributed by atoms with Crippen molar-refractivity contribution < 1.29 is 19.1 Å². The summed E-state index contributed by atoms with van der Waals surface area (Å²) in [5, 5.41) is 2.93. The third kappa shape index (κ3) is 7.37. The van der Waals surface area contributed by atoms with Crippen molar-refractivity contribution in [3.63, 3.8) is 0 Å². The average molecular weight is 431 g/mol. The van der Waals surface area contributed by atoms with Crippen LogP contribution in [-0.2, 0) is 25.7 Å². The number of benzene rings is 1. The zero-order valence-electron chi connectivity index (χ0n) is 19.9. The fourth-order valence-electron chi connectivity index (χ4n) is 4.10. The van der Waals surface area contributed by atoms with Crippen molar-refractivity contribution in [3.05, 3.63) is 35.9 Å². The van der Waals surface area contributed by atoms with Crippen LogP contribution in [0.25, 0.3) is 0 Å². The van der Waals surface area contributed by atoms with E-state index in [4.69, 9.17) is 4.74 Å². The first-order valence-corrected chi connectivity index (χ1v) is 11.2. The van der Waals surface area contributed by atoms with Gasteiger partial charge in [0, 0.05) is 24.0 Å². The molecule has 172 valence electrons. The number of amides is 2. The minimum atomic E-state index is -0.832. The third-order valence-corrected chi connectivity index (χ3v) is 5.63. The first-order valence-electron chi connectivity index (χ1n) is 11.2. The molecule has 1 saturated carbocycles. The summed E-state index contributed by atoms with van der Waals surface area (Å²) in [6, 6.07) is 9.75. The number of nitrogens with one attached hydrogen (secondary N) is 1. The molecule has 1 aromatic carbocycles. The van der Waals surface area contributed by atoms with Crippen molar-refractivity contribution in [2.75, 3.05) is 6.61 Å². The van der Waals surface area contributed by atoms with Crippen molar-refractivity contribution in [1.29, 1.82) is 0 Å². The van der Waals surface area contributed by atoms with Crippen LogP contribution < -0.4 is 5.32 Å². The standard InChI is InChI=1S/C25H38N2O4/c1-23(2,3)26-20(28)16-25(14-10-11-15-25)22(30)31-18-21(29)27(24(4,5)6)17-19-12-8-7-9-13-19/h7-9,12-13H,10-11,14-18H2,1-6H3,(H,26,28). The van der Waals surface area contributed by atoms with Crippen LogP contribution in [0.4, 0.5) is 0 Å². The second kappa shape index (κ2) is 9.84. The predicted molar refractivity (Wildman–Crippen MR) is 121 cm³/mol. The topological polar surface area (TPSA) is 75.7 Å². The minimum Gasteiger partial charge on any atom is -0.455 e. The first-order chi connectivity index (χ1) is 14.3. The molecule has 31 heavy (non-hydrogen) atoms. The highest BCUT2D eigenvalue weighted by Gasteiger charge is 2.45. The van der Waals surface area contributed by atoms with E-state index in [0.717, 1.165) is 18.4 Å². The molecule has 0 bridgehead atoms.